The number of unbranched alkanes of at least 4 members (excludes halogenated alkanes) is 2. The van der Waals surface area contributed by atoms with Gasteiger partial charge in [-0.2, -0.15) is 0 Å². The minimum Gasteiger partial charge on any atom is -0.481 e. The smallest absolute Gasteiger partial charge is 0.326 e. The first-order chi connectivity index (χ1) is 60.7. The van der Waals surface area contributed by atoms with Crippen LogP contribution in [0.2, 0.25) is 0 Å². The number of hydrogen-bond acceptors (Lipinski definition) is 27. The molecule has 3 aromatic rings. The van der Waals surface area contributed by atoms with Gasteiger partial charge in [0.15, 0.2) is 0 Å². The van der Waals surface area contributed by atoms with Crippen LogP contribution in [0.4, 0.5) is 9.59 Å². The molecule has 128 heavy (non-hydrogen) atoms. The first-order valence-corrected chi connectivity index (χ1v) is 41.2. The lowest BCUT2D eigenvalue weighted by Crippen LogP contribution is -2.51. The molecule has 3 aromatic carbocycles. The number of rotatable bonds is 50. The molecule has 2 heterocycles. The maximum Gasteiger partial charge on any atom is 0.326 e. The van der Waals surface area contributed by atoms with Crippen LogP contribution in [0.1, 0.15) is 118 Å². The van der Waals surface area contributed by atoms with E-state index in [0.717, 1.165) is 5.56 Å². The molecule has 0 aliphatic carbocycles. The zero-order valence-corrected chi connectivity index (χ0v) is 70.7. The van der Waals surface area contributed by atoms with Crippen LogP contribution in [-0.2, 0) is 86.6 Å². The fraction of sp³-hybridized carbons (Fsp3) is 0.543. The van der Waals surface area contributed by atoms with Crippen molar-refractivity contribution in [3.63, 3.8) is 0 Å². The Labute approximate surface area is 735 Å². The topological polar surface area (TPSA) is 689 Å². The molecule has 4 unspecified atom stereocenters. The van der Waals surface area contributed by atoms with Gasteiger partial charge in [0.05, 0.1) is 52.4 Å². The Bertz CT molecular complexity index is 4160. The van der Waals surface area contributed by atoms with Crippen molar-refractivity contribution < 1.29 is 152 Å². The number of carbonyl (C=O) groups excluding carboxylic acids is 7. The predicted octanol–water partition coefficient (Wildman–Crippen LogP) is -2.69. The van der Waals surface area contributed by atoms with Gasteiger partial charge in [0, 0.05) is 167 Å². The molecule has 47 nitrogen and oxygen atoms in total. The van der Waals surface area contributed by atoms with Crippen LogP contribution in [0.15, 0.2) is 72.8 Å². The van der Waals surface area contributed by atoms with Gasteiger partial charge in [-0.3, -0.25) is 102 Å². The summed E-state index contributed by atoms with van der Waals surface area (Å²) in [6, 6.07) is 11.8. The van der Waals surface area contributed by atoms with E-state index in [4.69, 9.17) is 10.2 Å². The van der Waals surface area contributed by atoms with E-state index < -0.39 is 139 Å². The summed E-state index contributed by atoms with van der Waals surface area (Å²) in [7, 11) is 0. The molecule has 2 fully saturated rings. The van der Waals surface area contributed by atoms with Crippen molar-refractivity contribution in [3.05, 3.63) is 106 Å². The molecule has 2 saturated heterocycles. The van der Waals surface area contributed by atoms with Gasteiger partial charge in [0.25, 0.3) is 17.7 Å². The summed E-state index contributed by atoms with van der Waals surface area (Å²) in [6.45, 7) is 3.40. The largest absolute Gasteiger partial charge is 0.481 e. The van der Waals surface area contributed by atoms with E-state index >= 15 is 0 Å². The van der Waals surface area contributed by atoms with E-state index in [1.807, 2.05) is 9.80 Å². The first-order valence-electron chi connectivity index (χ1n) is 41.2. The van der Waals surface area contributed by atoms with E-state index in [-0.39, 0.29) is 213 Å². The first kappa shape index (κ1) is 107. The molecular formula is C81H116N16O31. The Kier molecular flexibility index (Phi) is 49.0. The van der Waals surface area contributed by atoms with Crippen LogP contribution in [0.25, 0.3) is 0 Å². The van der Waals surface area contributed by atoms with Gasteiger partial charge in [-0.1, -0.05) is 36.4 Å². The minimum atomic E-state index is -1.53. The lowest BCUT2D eigenvalue weighted by atomic mass is 10.0. The number of nitrogens with one attached hydrogen (secondary N) is 8. The number of aryl methyl sites for hydroxylation is 1. The number of carboxylic acids is 12. The number of urea groups is 2. The maximum atomic E-state index is 13.1. The van der Waals surface area contributed by atoms with Gasteiger partial charge in [-0.25, -0.2) is 28.8 Å². The molecule has 0 aromatic heterocycles. The standard InChI is InChI=1S/C44H61N9O16.C37H55N7O15/c54-35(25-50-15-17-51(26-37(57)58)19-21-53(28-39(61)62)22-20-52(18-16-50)27-38(59)60)46-23-29-4-10-32(11-5-29)41(64)47-24-30-6-8-31(9-7-30)40(63)45-14-2-1-3-33(42(65)66)48-44(69)49-34(43(67)68)12-13-36(55)56;45-27(21-41-13-15-42(22-31(48)49)17-19-44(24-33(52)53)20-18-43(16-14-41)23-32(50)51)9-6-25-4-7-26(8-5-25)34(54)38-12-2-1-3-28(35(55)56)39-37(59)40-29(36(57)58)10-11-30(46)47/h4-11,33-34H,1-3,12-28H2,(H,45,63)(H,46,54)(H,47,64)(H,55,56)(H,57,58)(H,59,60)(H,61,62)(H,65,66)(H,67,68)(H2,48,49,69);4-5,7-8,28-29H,1-3,6,9-24H2,(H,38,54)(H,46,47)(H,48,49)(H,50,51)(H,52,53)(H,55,56)(H,57,58)(H2,39,40,59). The molecule has 706 valence electrons. The average Bonchev–Trinajstić information content (AvgIpc) is 0.860. The second-order valence-corrected chi connectivity index (χ2v) is 30.3. The molecule has 0 saturated carbocycles. The molecule has 2 aliphatic rings. The monoisotopic (exact) mass is 1810 g/mol. The van der Waals surface area contributed by atoms with Crippen molar-refractivity contribution in [2.75, 3.05) is 170 Å². The zero-order chi connectivity index (χ0) is 94.8. The number of ketones is 1. The van der Waals surface area contributed by atoms with E-state index in [9.17, 15) is 142 Å². The van der Waals surface area contributed by atoms with Crippen LogP contribution in [0.3, 0.4) is 0 Å². The second kappa shape index (κ2) is 58.4. The number of hydrogen-bond donors (Lipinski definition) is 20. The van der Waals surface area contributed by atoms with Crippen LogP contribution < -0.4 is 42.5 Å². The number of carbonyl (C=O) groups is 19. The summed E-state index contributed by atoms with van der Waals surface area (Å²) in [5, 5.41) is 131. The number of amides is 8. The molecule has 5 rings (SSSR count). The van der Waals surface area contributed by atoms with E-state index in [1.165, 1.54) is 0 Å². The van der Waals surface area contributed by atoms with Crippen LogP contribution in [0, 0.1) is 0 Å². The summed E-state index contributed by atoms with van der Waals surface area (Å²) in [6.07, 6.45) is -0.0809. The van der Waals surface area contributed by atoms with Gasteiger partial charge in [-0.05, 0) is 111 Å². The third-order valence-electron chi connectivity index (χ3n) is 20.2. The zero-order valence-electron chi connectivity index (χ0n) is 70.7. The molecule has 0 radical (unpaired) electrons. The van der Waals surface area contributed by atoms with Crippen molar-refractivity contribution in [1.29, 1.82) is 0 Å². The minimum absolute atomic E-state index is 0.0297. The molecule has 47 heteroatoms. The molecule has 20 N–H and O–H groups in total. The highest BCUT2D eigenvalue weighted by Gasteiger charge is 2.30. The van der Waals surface area contributed by atoms with Crippen molar-refractivity contribution in [3.8, 4) is 0 Å². The number of nitrogens with zero attached hydrogens (tertiary/aromatic N) is 8. The predicted molar refractivity (Wildman–Crippen MR) is 448 cm³/mol. The Morgan fingerprint density at radius 1 is 0.258 bits per heavy atom. The van der Waals surface area contributed by atoms with E-state index in [2.05, 4.69) is 42.5 Å². The van der Waals surface area contributed by atoms with Gasteiger partial charge >= 0.3 is 83.7 Å². The lowest BCUT2D eigenvalue weighted by molar-refractivity contribution is -0.142. The average molecular weight is 1810 g/mol. The number of aliphatic carboxylic acids is 12. The third kappa shape index (κ3) is 46.9. The number of benzene rings is 3. The van der Waals surface area contributed by atoms with Crippen molar-refractivity contribution >= 4 is 113 Å². The fourth-order valence-corrected chi connectivity index (χ4v) is 13.1. The van der Waals surface area contributed by atoms with Gasteiger partial charge in [-0.15, -0.1) is 0 Å². The van der Waals surface area contributed by atoms with E-state index in [0.29, 0.717) is 73.3 Å². The summed E-state index contributed by atoms with van der Waals surface area (Å²) in [4.78, 5) is 239. The van der Waals surface area contributed by atoms with Crippen LogP contribution >= 0.6 is 0 Å². The molecular weight excluding hydrogens is 1690 g/mol. The number of Topliss-reactive ketones (excluding diaryl/α,β-unsaturated/α-hetero) is 1. The Morgan fingerprint density at radius 2 is 0.500 bits per heavy atom. The summed E-state index contributed by atoms with van der Waals surface area (Å²) in [5.41, 5.74) is 3.25. The second-order valence-electron chi connectivity index (χ2n) is 30.3. The maximum absolute atomic E-state index is 13.1. The van der Waals surface area contributed by atoms with Crippen molar-refractivity contribution in [1.82, 2.24) is 81.7 Å². The summed E-state index contributed by atoms with van der Waals surface area (Å²) < 4.78 is 0. The van der Waals surface area contributed by atoms with Crippen molar-refractivity contribution in [2.45, 2.75) is 114 Å². The van der Waals surface area contributed by atoms with Crippen LogP contribution in [0.5, 0.6) is 0 Å². The highest BCUT2D eigenvalue weighted by Crippen LogP contribution is 2.14. The Hall–Kier alpha value is -12.9. The van der Waals surface area contributed by atoms with Gasteiger partial charge < -0.3 is 104 Å². The molecule has 4 atom stereocenters. The van der Waals surface area contributed by atoms with Gasteiger partial charge in [0.2, 0.25) is 5.91 Å². The Balaban J connectivity index is 0.000000543. The lowest BCUT2D eigenvalue weighted by Gasteiger charge is -2.32. The molecule has 2 aliphatic heterocycles. The summed E-state index contributed by atoms with van der Waals surface area (Å²) >= 11 is 0. The highest BCUT2D eigenvalue weighted by molar-refractivity contribution is 5.96. The molecule has 8 amide bonds. The Morgan fingerprint density at radius 3 is 0.766 bits per heavy atom. The third-order valence-corrected chi connectivity index (χ3v) is 20.2. The summed E-state index contributed by atoms with van der Waals surface area (Å²) in [5.74, 6) is -16.1. The number of carboxylic acid groups (broad SMARTS) is 12. The highest BCUT2D eigenvalue weighted by atomic mass is 16.4. The van der Waals surface area contributed by atoms with Gasteiger partial charge in [0.1, 0.15) is 30.0 Å². The quantitative estimate of drug-likeness (QED) is 0.0256. The molecule has 0 bridgehead atoms. The molecule has 0 spiro atoms. The van der Waals surface area contributed by atoms with E-state index in [1.54, 1.807) is 102 Å². The van der Waals surface area contributed by atoms with Crippen molar-refractivity contribution in [2.24, 2.45) is 0 Å². The normalized spacial score (nSPS) is 15.6. The SMILES string of the molecule is O=C(O)CCC(NC(=O)NC(CCCCNC(=O)c1ccc(CCC(=O)CN2CCN(CC(=O)O)CCN(CC(=O)O)CCN(CC(=O)O)CC2)cc1)C(=O)O)C(=O)O.O=C(O)CCC(NC(=O)NC(CCCCNC(=O)c1ccc(CNC(=O)c2ccc(CNC(=O)CN3CCN(CC(=O)O)CCN(CC(=O)O)CCN(CC(=O)O)CC3)cc2)cc1)C(=O)O)C(=O)O. The van der Waals surface area contributed by atoms with Crippen LogP contribution in [-0.4, -0.2) is 408 Å². The fourth-order valence-electron chi connectivity index (χ4n) is 13.1.